The Balaban J connectivity index is 1.47. The average molecular weight is 266 g/mol. The van der Waals surface area contributed by atoms with E-state index in [1.54, 1.807) is 0 Å². The quantitative estimate of drug-likeness (QED) is 0.881. The highest BCUT2D eigenvalue weighted by Crippen LogP contribution is 2.35. The third-order valence-electron chi connectivity index (χ3n) is 3.95. The van der Waals surface area contributed by atoms with E-state index in [2.05, 4.69) is 12.2 Å². The van der Waals surface area contributed by atoms with Crippen LogP contribution in [0, 0.1) is 5.92 Å². The lowest BCUT2D eigenvalue weighted by atomic mass is 10.1. The Bertz CT molecular complexity index is 435. The maximum absolute atomic E-state index is 5.99. The first-order valence-corrected chi connectivity index (χ1v) is 7.32. The number of hydrogen-bond acceptors (Lipinski definition) is 2. The van der Waals surface area contributed by atoms with E-state index in [1.165, 1.54) is 24.8 Å². The maximum Gasteiger partial charge on any atom is 0.123 e. The second-order valence-electron chi connectivity index (χ2n) is 5.50. The summed E-state index contributed by atoms with van der Waals surface area (Å²) in [4.78, 5) is 0. The summed E-state index contributed by atoms with van der Waals surface area (Å²) in [6, 6.07) is 6.64. The predicted octanol–water partition coefficient (Wildman–Crippen LogP) is 3.42. The molecular formula is C15H20ClNO. The first-order valence-electron chi connectivity index (χ1n) is 6.94. The molecule has 1 aromatic carbocycles. The van der Waals surface area contributed by atoms with Crippen LogP contribution in [0.15, 0.2) is 18.2 Å². The van der Waals surface area contributed by atoms with Crippen molar-refractivity contribution in [1.29, 1.82) is 0 Å². The first kappa shape index (κ1) is 12.3. The minimum absolute atomic E-state index is 0.279. The Hall–Kier alpha value is -0.730. The van der Waals surface area contributed by atoms with Crippen LogP contribution in [0.25, 0.3) is 0 Å². The van der Waals surface area contributed by atoms with Gasteiger partial charge in [-0.3, -0.25) is 0 Å². The molecule has 18 heavy (non-hydrogen) atoms. The molecule has 1 saturated carbocycles. The summed E-state index contributed by atoms with van der Waals surface area (Å²) in [5.41, 5.74) is 1.25. The Morgan fingerprint density at radius 1 is 1.44 bits per heavy atom. The molecule has 0 radical (unpaired) electrons. The summed E-state index contributed by atoms with van der Waals surface area (Å²) in [6.07, 6.45) is 5.26. The van der Waals surface area contributed by atoms with Crippen molar-refractivity contribution in [2.24, 2.45) is 5.92 Å². The molecule has 2 aliphatic rings. The zero-order chi connectivity index (χ0) is 12.5. The van der Waals surface area contributed by atoms with Gasteiger partial charge >= 0.3 is 0 Å². The molecule has 3 unspecified atom stereocenters. The van der Waals surface area contributed by atoms with Gasteiger partial charge in [0.1, 0.15) is 11.9 Å². The molecule has 1 heterocycles. The molecule has 0 saturated heterocycles. The molecule has 3 heteroatoms. The summed E-state index contributed by atoms with van der Waals surface area (Å²) in [7, 11) is 0. The monoisotopic (exact) mass is 265 g/mol. The minimum Gasteiger partial charge on any atom is -0.488 e. The van der Waals surface area contributed by atoms with E-state index in [0.717, 1.165) is 35.7 Å². The van der Waals surface area contributed by atoms with Crippen molar-refractivity contribution in [2.45, 2.75) is 44.8 Å². The summed E-state index contributed by atoms with van der Waals surface area (Å²) >= 11 is 5.99. The molecule has 1 fully saturated rings. The number of halogens is 1. The SMILES string of the molecule is CCCC1CC1NCC1Cc2cc(Cl)ccc2O1. The summed E-state index contributed by atoms with van der Waals surface area (Å²) in [5, 5.41) is 4.43. The molecule has 0 amide bonds. The van der Waals surface area contributed by atoms with Gasteiger partial charge in [0.05, 0.1) is 0 Å². The van der Waals surface area contributed by atoms with Crippen molar-refractivity contribution in [3.63, 3.8) is 0 Å². The largest absolute Gasteiger partial charge is 0.488 e. The number of benzene rings is 1. The van der Waals surface area contributed by atoms with Gasteiger partial charge in [-0.05, 0) is 42.5 Å². The van der Waals surface area contributed by atoms with Gasteiger partial charge in [0.2, 0.25) is 0 Å². The highest BCUT2D eigenvalue weighted by atomic mass is 35.5. The van der Waals surface area contributed by atoms with E-state index in [1.807, 2.05) is 18.2 Å². The van der Waals surface area contributed by atoms with Crippen LogP contribution in [-0.4, -0.2) is 18.7 Å². The Morgan fingerprint density at radius 2 is 2.33 bits per heavy atom. The fourth-order valence-electron chi connectivity index (χ4n) is 2.87. The number of rotatable bonds is 5. The topological polar surface area (TPSA) is 21.3 Å². The van der Waals surface area contributed by atoms with Crippen LogP contribution in [0.3, 0.4) is 0 Å². The summed E-state index contributed by atoms with van der Waals surface area (Å²) < 4.78 is 5.91. The minimum atomic E-state index is 0.279. The van der Waals surface area contributed by atoms with Crippen molar-refractivity contribution >= 4 is 11.6 Å². The number of fused-ring (bicyclic) bond motifs is 1. The van der Waals surface area contributed by atoms with Gasteiger partial charge in [0, 0.05) is 24.0 Å². The van der Waals surface area contributed by atoms with Crippen LogP contribution < -0.4 is 10.1 Å². The smallest absolute Gasteiger partial charge is 0.123 e. The fourth-order valence-corrected chi connectivity index (χ4v) is 3.07. The zero-order valence-corrected chi connectivity index (χ0v) is 11.5. The van der Waals surface area contributed by atoms with E-state index in [9.17, 15) is 0 Å². The Kier molecular flexibility index (Phi) is 3.49. The van der Waals surface area contributed by atoms with Gasteiger partial charge in [-0.15, -0.1) is 0 Å². The summed E-state index contributed by atoms with van der Waals surface area (Å²) in [6.45, 7) is 3.22. The zero-order valence-electron chi connectivity index (χ0n) is 10.8. The molecule has 0 spiro atoms. The van der Waals surface area contributed by atoms with E-state index in [0.29, 0.717) is 0 Å². The molecule has 3 atom stereocenters. The molecule has 0 bridgehead atoms. The fraction of sp³-hybridized carbons (Fsp3) is 0.600. The molecule has 1 N–H and O–H groups in total. The summed E-state index contributed by atoms with van der Waals surface area (Å²) in [5.74, 6) is 1.92. The van der Waals surface area contributed by atoms with Gasteiger partial charge in [0.25, 0.3) is 0 Å². The van der Waals surface area contributed by atoms with Crippen molar-refractivity contribution in [2.75, 3.05) is 6.54 Å². The van der Waals surface area contributed by atoms with Crippen molar-refractivity contribution in [3.05, 3.63) is 28.8 Å². The maximum atomic E-state index is 5.99. The number of nitrogens with one attached hydrogen (secondary N) is 1. The van der Waals surface area contributed by atoms with Crippen LogP contribution >= 0.6 is 11.6 Å². The van der Waals surface area contributed by atoms with Crippen LogP contribution in [-0.2, 0) is 6.42 Å². The van der Waals surface area contributed by atoms with Crippen molar-refractivity contribution in [1.82, 2.24) is 5.32 Å². The van der Waals surface area contributed by atoms with Crippen LogP contribution in [0.1, 0.15) is 31.7 Å². The average Bonchev–Trinajstić information content (AvgIpc) is 2.96. The molecular weight excluding hydrogens is 246 g/mol. The molecule has 3 rings (SSSR count). The lowest BCUT2D eigenvalue weighted by Gasteiger charge is -2.11. The normalized spacial score (nSPS) is 28.9. The van der Waals surface area contributed by atoms with Crippen LogP contribution in [0.5, 0.6) is 5.75 Å². The van der Waals surface area contributed by atoms with E-state index >= 15 is 0 Å². The highest BCUT2D eigenvalue weighted by Gasteiger charge is 2.36. The molecule has 1 aliphatic carbocycles. The third kappa shape index (κ3) is 2.65. The van der Waals surface area contributed by atoms with Crippen molar-refractivity contribution in [3.8, 4) is 5.75 Å². The number of hydrogen-bond donors (Lipinski definition) is 1. The molecule has 2 nitrogen and oxygen atoms in total. The lowest BCUT2D eigenvalue weighted by molar-refractivity contribution is 0.226. The van der Waals surface area contributed by atoms with E-state index < -0.39 is 0 Å². The van der Waals surface area contributed by atoms with Gasteiger partial charge in [-0.2, -0.15) is 0 Å². The van der Waals surface area contributed by atoms with E-state index in [4.69, 9.17) is 16.3 Å². The highest BCUT2D eigenvalue weighted by molar-refractivity contribution is 6.30. The van der Waals surface area contributed by atoms with Gasteiger partial charge < -0.3 is 10.1 Å². The Labute approximate surface area is 114 Å². The predicted molar refractivity (Wildman–Crippen MR) is 74.4 cm³/mol. The van der Waals surface area contributed by atoms with Gasteiger partial charge in [-0.25, -0.2) is 0 Å². The van der Waals surface area contributed by atoms with Gasteiger partial charge in [0.15, 0.2) is 0 Å². The lowest BCUT2D eigenvalue weighted by Crippen LogP contribution is -2.32. The first-order chi connectivity index (χ1) is 8.76. The molecule has 1 aliphatic heterocycles. The van der Waals surface area contributed by atoms with E-state index in [-0.39, 0.29) is 6.10 Å². The van der Waals surface area contributed by atoms with Crippen LogP contribution in [0.4, 0.5) is 0 Å². The standard InChI is InChI=1S/C15H20ClNO/c1-2-3-10-8-14(10)17-9-13-7-11-6-12(16)4-5-15(11)18-13/h4-6,10,13-14,17H,2-3,7-9H2,1H3. The van der Waals surface area contributed by atoms with Crippen LogP contribution in [0.2, 0.25) is 5.02 Å². The molecule has 98 valence electrons. The number of ether oxygens (including phenoxy) is 1. The second-order valence-corrected chi connectivity index (χ2v) is 5.93. The Morgan fingerprint density at radius 3 is 3.17 bits per heavy atom. The van der Waals surface area contributed by atoms with Crippen molar-refractivity contribution < 1.29 is 4.74 Å². The van der Waals surface area contributed by atoms with Gasteiger partial charge in [-0.1, -0.05) is 24.9 Å². The third-order valence-corrected chi connectivity index (χ3v) is 4.19. The molecule has 1 aromatic rings. The second kappa shape index (κ2) is 5.10. The molecule has 0 aromatic heterocycles.